The molecule has 0 saturated carbocycles. The van der Waals surface area contributed by atoms with E-state index in [0.29, 0.717) is 18.3 Å². The average molecular weight is 363 g/mol. The molecule has 0 saturated heterocycles. The fourth-order valence-corrected chi connectivity index (χ4v) is 6.65. The second-order valence-corrected chi connectivity index (χ2v) is 11.3. The fraction of sp³-hybridized carbons (Fsp3) is 1.00. The van der Waals surface area contributed by atoms with Gasteiger partial charge in [-0.05, 0) is 31.4 Å². The van der Waals surface area contributed by atoms with E-state index in [1.807, 2.05) is 35.3 Å². The number of hydrogen-bond donors (Lipinski definition) is 3. The molecular weight excluding hydrogens is 337 g/mol. The van der Waals surface area contributed by atoms with Gasteiger partial charge in [-0.25, -0.2) is 0 Å². The second-order valence-electron chi connectivity index (χ2n) is 3.95. The summed E-state index contributed by atoms with van der Waals surface area (Å²) in [4.78, 5) is 0. The fourth-order valence-electron chi connectivity index (χ4n) is 1.13. The zero-order chi connectivity index (χ0) is 14.0. The number of thiol groups is 3. The Morgan fingerprint density at radius 3 is 1.61 bits per heavy atom. The number of rotatable bonds is 11. The first kappa shape index (κ1) is 20.1. The predicted octanol–water partition coefficient (Wildman–Crippen LogP) is 5.90. The summed E-state index contributed by atoms with van der Waals surface area (Å²) in [6.07, 6.45) is 4.58. The number of thioether (sulfide) groups is 3. The van der Waals surface area contributed by atoms with Gasteiger partial charge in [-0.15, -0.1) is 35.3 Å². The minimum Gasteiger partial charge on any atom is -0.165 e. The van der Waals surface area contributed by atoms with Crippen LogP contribution in [0.5, 0.6) is 0 Å². The van der Waals surface area contributed by atoms with Gasteiger partial charge in [0.25, 0.3) is 0 Å². The number of hydrogen-bond acceptors (Lipinski definition) is 6. The first-order valence-corrected chi connectivity index (χ1v) is 11.0. The van der Waals surface area contributed by atoms with E-state index < -0.39 is 0 Å². The van der Waals surface area contributed by atoms with Crippen molar-refractivity contribution in [2.24, 2.45) is 0 Å². The molecule has 0 spiro atoms. The third-order valence-corrected chi connectivity index (χ3v) is 8.83. The molecule has 110 valence electrons. The summed E-state index contributed by atoms with van der Waals surface area (Å²) >= 11 is 19.7. The minimum atomic E-state index is 0.447. The highest BCUT2D eigenvalue weighted by molar-refractivity contribution is 8.24. The molecule has 0 aliphatic carbocycles. The quantitative estimate of drug-likeness (QED) is 0.309. The Balaban J connectivity index is 4.03. The molecule has 0 N–H and O–H groups in total. The van der Waals surface area contributed by atoms with E-state index in [-0.39, 0.29) is 0 Å². The Morgan fingerprint density at radius 1 is 0.778 bits per heavy atom. The van der Waals surface area contributed by atoms with Gasteiger partial charge >= 0.3 is 0 Å². The standard InChI is InChI=1S/C12H26S6/c1-4-9(13)16-8-7-12(17-10(14)5-2)18-11(15)6-3/h9-15H,4-8H2,1-3H3. The van der Waals surface area contributed by atoms with Crippen LogP contribution in [0.15, 0.2) is 0 Å². The van der Waals surface area contributed by atoms with Gasteiger partial charge in [0, 0.05) is 13.7 Å². The van der Waals surface area contributed by atoms with E-state index in [9.17, 15) is 0 Å². The van der Waals surface area contributed by atoms with Crippen molar-refractivity contribution in [2.45, 2.75) is 64.8 Å². The maximum Gasteiger partial charge on any atom is 0.0532 e. The maximum absolute atomic E-state index is 4.60. The monoisotopic (exact) mass is 362 g/mol. The van der Waals surface area contributed by atoms with Crippen LogP contribution in [0, 0.1) is 0 Å². The normalized spacial score (nSPS) is 18.3. The molecule has 6 heteroatoms. The minimum absolute atomic E-state index is 0.447. The van der Waals surface area contributed by atoms with Gasteiger partial charge in [0.1, 0.15) is 0 Å². The summed E-state index contributed by atoms with van der Waals surface area (Å²) in [7, 11) is 0. The third-order valence-electron chi connectivity index (χ3n) is 2.33. The topological polar surface area (TPSA) is 0 Å². The Morgan fingerprint density at radius 2 is 1.22 bits per heavy atom. The van der Waals surface area contributed by atoms with Gasteiger partial charge in [0.05, 0.1) is 4.58 Å². The molecule has 0 radical (unpaired) electrons. The predicted molar refractivity (Wildman–Crippen MR) is 105 cm³/mol. The van der Waals surface area contributed by atoms with Crippen molar-refractivity contribution in [2.75, 3.05) is 5.75 Å². The van der Waals surface area contributed by atoms with Crippen LogP contribution in [0.3, 0.4) is 0 Å². The highest BCUT2D eigenvalue weighted by Crippen LogP contribution is 2.38. The van der Waals surface area contributed by atoms with Crippen LogP contribution in [0.4, 0.5) is 0 Å². The summed E-state index contributed by atoms with van der Waals surface area (Å²) in [5, 5.41) is 0. The molecule has 0 bridgehead atoms. The van der Waals surface area contributed by atoms with Crippen LogP contribution < -0.4 is 0 Å². The summed E-state index contributed by atoms with van der Waals surface area (Å²) in [5.74, 6) is 1.18. The molecule has 18 heavy (non-hydrogen) atoms. The lowest BCUT2D eigenvalue weighted by molar-refractivity contribution is 1.01. The Labute approximate surface area is 143 Å². The molecule has 0 aromatic carbocycles. The molecule has 0 aliphatic rings. The molecule has 3 atom stereocenters. The summed E-state index contributed by atoms with van der Waals surface area (Å²) < 4.78 is 1.99. The highest BCUT2D eigenvalue weighted by atomic mass is 32.2. The third kappa shape index (κ3) is 10.8. The molecule has 0 aromatic rings. The van der Waals surface area contributed by atoms with E-state index in [0.717, 1.165) is 19.3 Å². The van der Waals surface area contributed by atoms with Crippen molar-refractivity contribution < 1.29 is 0 Å². The van der Waals surface area contributed by atoms with E-state index >= 15 is 0 Å². The molecule has 0 amide bonds. The van der Waals surface area contributed by atoms with Crippen molar-refractivity contribution in [3.8, 4) is 0 Å². The van der Waals surface area contributed by atoms with Crippen molar-refractivity contribution in [1.82, 2.24) is 0 Å². The van der Waals surface area contributed by atoms with Gasteiger partial charge in [0.2, 0.25) is 0 Å². The van der Waals surface area contributed by atoms with Crippen LogP contribution in [0.25, 0.3) is 0 Å². The van der Waals surface area contributed by atoms with Crippen molar-refractivity contribution >= 4 is 73.2 Å². The van der Waals surface area contributed by atoms with Crippen molar-refractivity contribution in [3.05, 3.63) is 0 Å². The maximum atomic E-state index is 4.60. The lowest BCUT2D eigenvalue weighted by Gasteiger charge is -2.22. The molecule has 0 nitrogen and oxygen atoms in total. The van der Waals surface area contributed by atoms with Crippen LogP contribution >= 0.6 is 73.2 Å². The lowest BCUT2D eigenvalue weighted by Crippen LogP contribution is -2.08. The smallest absolute Gasteiger partial charge is 0.0532 e. The summed E-state index contributed by atoms with van der Waals surface area (Å²) in [6, 6.07) is 0. The zero-order valence-corrected chi connectivity index (χ0v) is 16.5. The Kier molecular flexibility index (Phi) is 14.3. The largest absolute Gasteiger partial charge is 0.165 e. The second kappa shape index (κ2) is 12.8. The summed E-state index contributed by atoms with van der Waals surface area (Å²) in [6.45, 7) is 6.58. The molecule has 0 rings (SSSR count). The van der Waals surface area contributed by atoms with E-state index in [1.54, 1.807) is 0 Å². The SMILES string of the molecule is CCC(S)SCCC(SC(S)CC)SC(S)CC. The molecule has 3 unspecified atom stereocenters. The first-order chi connectivity index (χ1) is 8.53. The van der Waals surface area contributed by atoms with E-state index in [2.05, 4.69) is 58.7 Å². The van der Waals surface area contributed by atoms with E-state index in [1.165, 1.54) is 12.2 Å². The van der Waals surface area contributed by atoms with Crippen LogP contribution in [-0.2, 0) is 0 Å². The van der Waals surface area contributed by atoms with Crippen LogP contribution in [0.2, 0.25) is 0 Å². The molecule has 0 fully saturated rings. The molecular formula is C12H26S6. The zero-order valence-electron chi connectivity index (χ0n) is 11.4. The van der Waals surface area contributed by atoms with Crippen LogP contribution in [0.1, 0.15) is 46.5 Å². The van der Waals surface area contributed by atoms with Crippen molar-refractivity contribution in [1.29, 1.82) is 0 Å². The van der Waals surface area contributed by atoms with Crippen LogP contribution in [-0.4, -0.2) is 24.1 Å². The highest BCUT2D eigenvalue weighted by Gasteiger charge is 2.17. The lowest BCUT2D eigenvalue weighted by atomic mass is 10.5. The molecule has 0 heterocycles. The van der Waals surface area contributed by atoms with Gasteiger partial charge in [-0.2, -0.15) is 37.9 Å². The Hall–Kier alpha value is 2.10. The van der Waals surface area contributed by atoms with Gasteiger partial charge in [-0.1, -0.05) is 20.8 Å². The van der Waals surface area contributed by atoms with Gasteiger partial charge in [-0.3, -0.25) is 0 Å². The van der Waals surface area contributed by atoms with Crippen molar-refractivity contribution in [3.63, 3.8) is 0 Å². The molecule has 0 aliphatic heterocycles. The Bertz CT molecular complexity index is 177. The van der Waals surface area contributed by atoms with Gasteiger partial charge in [0.15, 0.2) is 0 Å². The van der Waals surface area contributed by atoms with E-state index in [4.69, 9.17) is 0 Å². The molecule has 0 aromatic heterocycles. The summed E-state index contributed by atoms with van der Waals surface area (Å²) in [5.41, 5.74) is 0. The first-order valence-electron chi connectivity index (χ1n) is 6.50. The average Bonchev–Trinajstić information content (AvgIpc) is 2.37. The van der Waals surface area contributed by atoms with Gasteiger partial charge < -0.3 is 0 Å².